The summed E-state index contributed by atoms with van der Waals surface area (Å²) in [5.74, 6) is 1.65. The van der Waals surface area contributed by atoms with Crippen LogP contribution < -0.4 is 5.32 Å². The lowest BCUT2D eigenvalue weighted by Gasteiger charge is -2.20. The second-order valence-electron chi connectivity index (χ2n) is 4.30. The fraction of sp³-hybridized carbons (Fsp3) is 0.417. The Morgan fingerprint density at radius 1 is 1.44 bits per heavy atom. The Hall–Kier alpha value is -1.55. The van der Waals surface area contributed by atoms with E-state index in [9.17, 15) is 0 Å². The highest BCUT2D eigenvalue weighted by Gasteiger charge is 2.17. The lowest BCUT2D eigenvalue weighted by Crippen LogP contribution is -2.28. The predicted molar refractivity (Wildman–Crippen MR) is 62.8 cm³/mol. The summed E-state index contributed by atoms with van der Waals surface area (Å²) in [4.78, 5) is 7.68. The van der Waals surface area contributed by atoms with E-state index in [0.29, 0.717) is 5.92 Å². The largest absolute Gasteiger partial charge is 0.348 e. The van der Waals surface area contributed by atoms with Crippen LogP contribution >= 0.6 is 0 Å². The van der Waals surface area contributed by atoms with Gasteiger partial charge in [0.1, 0.15) is 12.1 Å². The number of aromatic amines is 1. The molecule has 0 aliphatic carbocycles. The highest BCUT2D eigenvalue weighted by molar-refractivity contribution is 5.24. The number of nitrogens with zero attached hydrogens (tertiary/aromatic N) is 2. The van der Waals surface area contributed by atoms with Crippen molar-refractivity contribution >= 4 is 0 Å². The molecule has 16 heavy (non-hydrogen) atoms. The average Bonchev–Trinajstić information content (AvgIpc) is 3.01. The second-order valence-corrected chi connectivity index (χ2v) is 4.30. The first-order valence-electron chi connectivity index (χ1n) is 5.82. The van der Waals surface area contributed by atoms with Crippen molar-refractivity contribution in [2.24, 2.45) is 0 Å². The first kappa shape index (κ1) is 9.66. The smallest absolute Gasteiger partial charge is 0.115 e. The summed E-state index contributed by atoms with van der Waals surface area (Å²) in [6, 6.07) is 4.04. The van der Waals surface area contributed by atoms with Crippen LogP contribution in [-0.2, 0) is 0 Å². The molecule has 0 radical (unpaired) electrons. The third kappa shape index (κ3) is 1.76. The number of piperidine rings is 1. The lowest BCUT2D eigenvalue weighted by molar-refractivity contribution is 0.455. The van der Waals surface area contributed by atoms with Gasteiger partial charge in [-0.1, -0.05) is 0 Å². The molecule has 3 rings (SSSR count). The lowest BCUT2D eigenvalue weighted by atomic mass is 9.97. The second kappa shape index (κ2) is 4.14. The Labute approximate surface area is 94.7 Å². The molecule has 0 amide bonds. The van der Waals surface area contributed by atoms with Crippen molar-refractivity contribution in [2.75, 3.05) is 13.1 Å². The molecule has 1 atom stereocenters. The number of imidazole rings is 1. The van der Waals surface area contributed by atoms with Crippen LogP contribution in [0.5, 0.6) is 0 Å². The molecular weight excluding hydrogens is 200 g/mol. The summed E-state index contributed by atoms with van der Waals surface area (Å²) in [5.41, 5.74) is 1.20. The van der Waals surface area contributed by atoms with Gasteiger partial charge < -0.3 is 10.3 Å². The molecule has 1 saturated heterocycles. The van der Waals surface area contributed by atoms with Crippen molar-refractivity contribution in [3.8, 4) is 5.82 Å². The summed E-state index contributed by atoms with van der Waals surface area (Å²) in [6.45, 7) is 2.20. The SMILES string of the molecule is c1c[nH]c(-n2cnc([C@H]3CCCNC3)c2)c1. The van der Waals surface area contributed by atoms with E-state index in [-0.39, 0.29) is 0 Å². The number of hydrogen-bond acceptors (Lipinski definition) is 2. The van der Waals surface area contributed by atoms with Gasteiger partial charge in [0.15, 0.2) is 0 Å². The van der Waals surface area contributed by atoms with Crippen LogP contribution in [0.3, 0.4) is 0 Å². The Morgan fingerprint density at radius 2 is 2.44 bits per heavy atom. The van der Waals surface area contributed by atoms with Gasteiger partial charge in [-0.3, -0.25) is 4.57 Å². The molecule has 1 aliphatic rings. The number of nitrogens with one attached hydrogen (secondary N) is 2. The normalized spacial score (nSPS) is 21.1. The third-order valence-corrected chi connectivity index (χ3v) is 3.18. The van der Waals surface area contributed by atoms with Gasteiger partial charge in [-0.25, -0.2) is 4.98 Å². The van der Waals surface area contributed by atoms with Crippen LogP contribution in [0.4, 0.5) is 0 Å². The fourth-order valence-electron chi connectivity index (χ4n) is 2.27. The summed E-state index contributed by atoms with van der Waals surface area (Å²) < 4.78 is 2.05. The van der Waals surface area contributed by atoms with E-state index in [1.54, 1.807) is 0 Å². The molecule has 0 spiro atoms. The molecule has 1 fully saturated rings. The molecule has 0 bridgehead atoms. The van der Waals surface area contributed by atoms with E-state index in [0.717, 1.165) is 18.9 Å². The number of aromatic nitrogens is 3. The van der Waals surface area contributed by atoms with Crippen LogP contribution in [0.1, 0.15) is 24.5 Å². The first-order chi connectivity index (χ1) is 7.93. The number of rotatable bonds is 2. The Bertz CT molecular complexity index is 437. The van der Waals surface area contributed by atoms with E-state index in [2.05, 4.69) is 21.5 Å². The van der Waals surface area contributed by atoms with Crippen molar-refractivity contribution in [1.29, 1.82) is 0 Å². The molecule has 4 heteroatoms. The van der Waals surface area contributed by atoms with Gasteiger partial charge in [-0.15, -0.1) is 0 Å². The fourth-order valence-corrected chi connectivity index (χ4v) is 2.27. The standard InChI is InChI=1S/C12H16N4/c1-3-10(7-13-5-1)11-8-16(9-15-11)12-4-2-6-14-12/h2,4,6,8-10,13-14H,1,3,5,7H2/t10-/m0/s1. The van der Waals surface area contributed by atoms with Crippen LogP contribution in [0.2, 0.25) is 0 Å². The summed E-state index contributed by atoms with van der Waals surface area (Å²) in [7, 11) is 0. The Morgan fingerprint density at radius 3 is 3.19 bits per heavy atom. The van der Waals surface area contributed by atoms with Crippen molar-refractivity contribution in [3.63, 3.8) is 0 Å². The van der Waals surface area contributed by atoms with Crippen LogP contribution in [-0.4, -0.2) is 27.6 Å². The molecule has 0 aromatic carbocycles. The average molecular weight is 216 g/mol. The van der Waals surface area contributed by atoms with E-state index >= 15 is 0 Å². The van der Waals surface area contributed by atoms with Crippen LogP contribution in [0.15, 0.2) is 30.9 Å². The molecule has 4 nitrogen and oxygen atoms in total. The molecule has 2 aromatic rings. The first-order valence-corrected chi connectivity index (χ1v) is 5.82. The predicted octanol–water partition coefficient (Wildman–Crippen LogP) is 1.67. The monoisotopic (exact) mass is 216 g/mol. The van der Waals surface area contributed by atoms with Crippen molar-refractivity contribution in [2.45, 2.75) is 18.8 Å². The minimum atomic E-state index is 0.574. The molecule has 84 valence electrons. The maximum absolute atomic E-state index is 4.50. The van der Waals surface area contributed by atoms with E-state index < -0.39 is 0 Å². The molecule has 1 aliphatic heterocycles. The number of hydrogen-bond donors (Lipinski definition) is 2. The molecule has 2 N–H and O–H groups in total. The minimum absolute atomic E-state index is 0.574. The van der Waals surface area contributed by atoms with E-state index in [1.165, 1.54) is 18.5 Å². The maximum Gasteiger partial charge on any atom is 0.115 e. The Balaban J connectivity index is 1.82. The maximum atomic E-state index is 4.50. The van der Waals surface area contributed by atoms with Crippen LogP contribution in [0, 0.1) is 0 Å². The Kier molecular flexibility index (Phi) is 2.50. The number of H-pyrrole nitrogens is 1. The zero-order valence-corrected chi connectivity index (χ0v) is 9.19. The van der Waals surface area contributed by atoms with Gasteiger partial charge in [0, 0.05) is 24.9 Å². The van der Waals surface area contributed by atoms with Gasteiger partial charge >= 0.3 is 0 Å². The van der Waals surface area contributed by atoms with Gasteiger partial charge in [0.25, 0.3) is 0 Å². The highest BCUT2D eigenvalue weighted by atomic mass is 15.1. The summed E-state index contributed by atoms with van der Waals surface area (Å²) >= 11 is 0. The third-order valence-electron chi connectivity index (χ3n) is 3.18. The van der Waals surface area contributed by atoms with Gasteiger partial charge in [-0.05, 0) is 31.5 Å². The van der Waals surface area contributed by atoms with E-state index in [4.69, 9.17) is 0 Å². The van der Waals surface area contributed by atoms with Gasteiger partial charge in [0.2, 0.25) is 0 Å². The topological polar surface area (TPSA) is 45.6 Å². The van der Waals surface area contributed by atoms with Crippen molar-refractivity contribution in [3.05, 3.63) is 36.5 Å². The van der Waals surface area contributed by atoms with Crippen molar-refractivity contribution < 1.29 is 0 Å². The summed E-state index contributed by atoms with van der Waals surface area (Å²) in [6.07, 6.45) is 8.44. The van der Waals surface area contributed by atoms with Crippen LogP contribution in [0.25, 0.3) is 5.82 Å². The summed E-state index contributed by atoms with van der Waals surface area (Å²) in [5, 5.41) is 3.42. The van der Waals surface area contributed by atoms with E-state index in [1.807, 2.05) is 29.2 Å². The van der Waals surface area contributed by atoms with Crippen molar-refractivity contribution in [1.82, 2.24) is 19.9 Å². The zero-order chi connectivity index (χ0) is 10.8. The highest BCUT2D eigenvalue weighted by Crippen LogP contribution is 2.22. The quantitative estimate of drug-likeness (QED) is 0.802. The minimum Gasteiger partial charge on any atom is -0.348 e. The molecule has 0 saturated carbocycles. The van der Waals surface area contributed by atoms with Gasteiger partial charge in [0.05, 0.1) is 5.69 Å². The van der Waals surface area contributed by atoms with Gasteiger partial charge in [-0.2, -0.15) is 0 Å². The molecular formula is C12H16N4. The molecule has 2 aromatic heterocycles. The zero-order valence-electron chi connectivity index (χ0n) is 9.19. The molecule has 0 unspecified atom stereocenters. The molecule has 3 heterocycles.